The summed E-state index contributed by atoms with van der Waals surface area (Å²) in [6.07, 6.45) is 1.78. The first kappa shape index (κ1) is 25.0. The summed E-state index contributed by atoms with van der Waals surface area (Å²) < 4.78 is 11.3. The van der Waals surface area contributed by atoms with Crippen LogP contribution >= 0.6 is 24.0 Å². The molecule has 37 heavy (non-hydrogen) atoms. The molecule has 2 aromatic heterocycles. The molecule has 1 aliphatic heterocycles. The summed E-state index contributed by atoms with van der Waals surface area (Å²) in [5.74, 6) is 0.570. The lowest BCUT2D eigenvalue weighted by atomic mass is 10.0. The van der Waals surface area contributed by atoms with Gasteiger partial charge in [-0.2, -0.15) is 0 Å². The molecule has 1 fully saturated rings. The first-order valence-electron chi connectivity index (χ1n) is 11.8. The largest absolute Gasteiger partial charge is 0.452 e. The Balaban J connectivity index is 1.49. The van der Waals surface area contributed by atoms with Crippen molar-refractivity contribution in [1.29, 1.82) is 0 Å². The maximum absolute atomic E-state index is 12.0. The van der Waals surface area contributed by atoms with Crippen LogP contribution in [0.15, 0.2) is 99.5 Å². The lowest BCUT2D eigenvalue weighted by Crippen LogP contribution is -2.29. The van der Waals surface area contributed by atoms with Crippen LogP contribution in [0.4, 0.5) is 11.4 Å². The van der Waals surface area contributed by atoms with Gasteiger partial charge in [-0.25, -0.2) is 0 Å². The Hall–Kier alpha value is -3.66. The highest BCUT2D eigenvalue weighted by Crippen LogP contribution is 2.44. The van der Waals surface area contributed by atoms with E-state index in [2.05, 4.69) is 32.7 Å². The number of carbonyl (C=O) groups excluding carboxylic acids is 1. The van der Waals surface area contributed by atoms with Crippen molar-refractivity contribution in [2.45, 2.75) is 29.0 Å². The summed E-state index contributed by atoms with van der Waals surface area (Å²) in [5, 5.41) is 7.70. The van der Waals surface area contributed by atoms with E-state index in [1.54, 1.807) is 18.0 Å². The lowest BCUT2D eigenvalue weighted by molar-refractivity contribution is -0.119. The van der Waals surface area contributed by atoms with Crippen LogP contribution in [-0.2, 0) is 9.53 Å². The maximum atomic E-state index is 12.0. The minimum Gasteiger partial charge on any atom is -0.452 e. The fourth-order valence-electron chi connectivity index (χ4n) is 4.33. The first-order valence-corrected chi connectivity index (χ1v) is 13.0. The van der Waals surface area contributed by atoms with Crippen molar-refractivity contribution in [3.63, 3.8) is 0 Å². The zero-order chi connectivity index (χ0) is 25.8. The predicted octanol–water partition coefficient (Wildman–Crippen LogP) is 5.90. The molecule has 0 bridgehead atoms. The molecule has 5 rings (SSSR count). The van der Waals surface area contributed by atoms with Crippen molar-refractivity contribution < 1.29 is 13.9 Å². The van der Waals surface area contributed by atoms with Crippen molar-refractivity contribution in [2.75, 3.05) is 23.9 Å². The van der Waals surface area contributed by atoms with Gasteiger partial charge in [-0.3, -0.25) is 9.78 Å². The second-order valence-electron chi connectivity index (χ2n) is 8.55. The molecule has 3 heterocycles. The number of hydrogen-bond acceptors (Lipinski definition) is 6. The van der Waals surface area contributed by atoms with Gasteiger partial charge < -0.3 is 24.7 Å². The number of amides is 1. The number of nitrogens with zero attached hydrogens (tertiary/aromatic N) is 2. The summed E-state index contributed by atoms with van der Waals surface area (Å²) in [7, 11) is 1.49. The zero-order valence-electron chi connectivity index (χ0n) is 20.4. The van der Waals surface area contributed by atoms with Crippen molar-refractivity contribution in [3.8, 4) is 0 Å². The van der Waals surface area contributed by atoms with Crippen molar-refractivity contribution in [2.24, 2.45) is 0 Å². The van der Waals surface area contributed by atoms with Gasteiger partial charge in [0.05, 0.1) is 11.7 Å². The second kappa shape index (κ2) is 11.2. The van der Waals surface area contributed by atoms with Gasteiger partial charge in [-0.05, 0) is 79.3 Å². The highest BCUT2D eigenvalue weighted by molar-refractivity contribution is 7.99. The van der Waals surface area contributed by atoms with Gasteiger partial charge in [-0.15, -0.1) is 0 Å². The molecule has 2 atom stereocenters. The molecule has 4 aromatic rings. The second-order valence-corrected chi connectivity index (χ2v) is 10.0. The van der Waals surface area contributed by atoms with E-state index in [4.69, 9.17) is 21.4 Å². The molecule has 0 saturated carbocycles. The number of hydrogen-bond donors (Lipinski definition) is 2. The summed E-state index contributed by atoms with van der Waals surface area (Å²) in [6.45, 7) is 1.95. The van der Waals surface area contributed by atoms with E-state index >= 15 is 0 Å². The summed E-state index contributed by atoms with van der Waals surface area (Å²) in [5.41, 5.74) is 3.38. The normalized spacial score (nSPS) is 17.0. The van der Waals surface area contributed by atoms with Crippen LogP contribution in [0, 0.1) is 6.92 Å². The SMILES string of the molecule is COCC(=O)Nc1ccc(N2C(=S)NC(c3ccccn3)C2c2ccc(Sc3ccccc3)o2)cc1C. The van der Waals surface area contributed by atoms with Gasteiger partial charge in [0.1, 0.15) is 18.4 Å². The van der Waals surface area contributed by atoms with Crippen LogP contribution < -0.4 is 15.5 Å². The van der Waals surface area contributed by atoms with E-state index in [9.17, 15) is 4.79 Å². The molecule has 7 nitrogen and oxygen atoms in total. The molecule has 1 amide bonds. The van der Waals surface area contributed by atoms with Gasteiger partial charge in [0.15, 0.2) is 10.2 Å². The quantitative estimate of drug-likeness (QED) is 0.273. The third-order valence-corrected chi connectivity index (χ3v) is 7.23. The minimum absolute atomic E-state index is 0.00300. The van der Waals surface area contributed by atoms with E-state index in [0.29, 0.717) is 5.11 Å². The van der Waals surface area contributed by atoms with Gasteiger partial charge in [-0.1, -0.05) is 36.0 Å². The van der Waals surface area contributed by atoms with E-state index in [1.807, 2.05) is 73.7 Å². The zero-order valence-corrected chi connectivity index (χ0v) is 22.0. The van der Waals surface area contributed by atoms with Gasteiger partial charge in [0.25, 0.3) is 0 Å². The van der Waals surface area contributed by atoms with Gasteiger partial charge in [0, 0.05) is 29.6 Å². The Morgan fingerprint density at radius 3 is 2.68 bits per heavy atom. The van der Waals surface area contributed by atoms with Crippen LogP contribution in [-0.4, -0.2) is 29.7 Å². The number of methoxy groups -OCH3 is 1. The molecule has 0 aliphatic carbocycles. The van der Waals surface area contributed by atoms with E-state index in [1.165, 1.54) is 7.11 Å². The molecule has 0 spiro atoms. The molecule has 2 N–H and O–H groups in total. The smallest absolute Gasteiger partial charge is 0.250 e. The number of carbonyl (C=O) groups is 1. The summed E-state index contributed by atoms with van der Waals surface area (Å²) >= 11 is 7.39. The van der Waals surface area contributed by atoms with Crippen LogP contribution in [0.25, 0.3) is 0 Å². The van der Waals surface area contributed by atoms with Crippen LogP contribution in [0.2, 0.25) is 0 Å². The molecule has 1 aliphatic rings. The topological polar surface area (TPSA) is 79.6 Å². The number of benzene rings is 2. The van der Waals surface area contributed by atoms with E-state index in [0.717, 1.165) is 38.4 Å². The highest BCUT2D eigenvalue weighted by atomic mass is 32.2. The third kappa shape index (κ3) is 5.53. The van der Waals surface area contributed by atoms with Crippen molar-refractivity contribution >= 4 is 46.4 Å². The molecule has 9 heteroatoms. The molecular weight excluding hydrogens is 504 g/mol. The molecule has 2 unspecified atom stereocenters. The third-order valence-electron chi connectivity index (χ3n) is 5.99. The van der Waals surface area contributed by atoms with E-state index < -0.39 is 0 Å². The highest BCUT2D eigenvalue weighted by Gasteiger charge is 2.42. The minimum atomic E-state index is -0.263. The lowest BCUT2D eigenvalue weighted by Gasteiger charge is -2.26. The Morgan fingerprint density at radius 2 is 1.95 bits per heavy atom. The monoisotopic (exact) mass is 530 g/mol. The van der Waals surface area contributed by atoms with Gasteiger partial charge >= 0.3 is 0 Å². The number of aryl methyl sites for hydroxylation is 1. The van der Waals surface area contributed by atoms with Crippen molar-refractivity contribution in [3.05, 3.63) is 102 Å². The molecular formula is C28H26N4O3S2. The van der Waals surface area contributed by atoms with Crippen LogP contribution in [0.3, 0.4) is 0 Å². The van der Waals surface area contributed by atoms with Gasteiger partial charge in [0.2, 0.25) is 5.91 Å². The number of nitrogens with one attached hydrogen (secondary N) is 2. The standard InChI is InChI=1S/C28H26N4O3S2/c1-18-16-19(11-12-21(18)30-24(33)17-34-2)32-27(26(31-28(32)36)22-10-6-7-15-29-22)23-13-14-25(35-23)37-20-8-4-3-5-9-20/h3-16,26-27H,17H2,1-2H3,(H,30,33)(H,31,36). The number of pyridine rings is 1. The molecule has 0 radical (unpaired) electrons. The summed E-state index contributed by atoms with van der Waals surface area (Å²) in [4.78, 5) is 19.8. The number of ether oxygens (including phenoxy) is 1. The number of aromatic nitrogens is 1. The van der Waals surface area contributed by atoms with Crippen LogP contribution in [0.5, 0.6) is 0 Å². The number of furan rings is 1. The van der Waals surface area contributed by atoms with Crippen molar-refractivity contribution in [1.82, 2.24) is 10.3 Å². The molecule has 2 aromatic carbocycles. The fraction of sp³-hybridized carbons (Fsp3) is 0.179. The van der Waals surface area contributed by atoms with Crippen LogP contribution in [0.1, 0.15) is 29.1 Å². The average molecular weight is 531 g/mol. The number of thiocarbonyl (C=S) groups is 1. The average Bonchev–Trinajstić information content (AvgIpc) is 3.50. The number of anilines is 2. The fourth-order valence-corrected chi connectivity index (χ4v) is 5.48. The summed E-state index contributed by atoms with van der Waals surface area (Å²) in [6, 6.07) is 25.3. The molecule has 188 valence electrons. The Bertz CT molecular complexity index is 1400. The molecule has 1 saturated heterocycles. The maximum Gasteiger partial charge on any atom is 0.250 e. The predicted molar refractivity (Wildman–Crippen MR) is 149 cm³/mol. The Kier molecular flexibility index (Phi) is 7.55. The number of rotatable bonds is 8. The Labute approximate surface area is 225 Å². The van der Waals surface area contributed by atoms with E-state index in [-0.39, 0.29) is 24.6 Å². The first-order chi connectivity index (χ1) is 18.0. The Morgan fingerprint density at radius 1 is 1.14 bits per heavy atom.